The van der Waals surface area contributed by atoms with Gasteiger partial charge in [0.25, 0.3) is 0 Å². The molecule has 2 aromatic heterocycles. The Morgan fingerprint density at radius 2 is 1.96 bits per heavy atom. The van der Waals surface area contributed by atoms with Gasteiger partial charge in [-0.2, -0.15) is 0 Å². The van der Waals surface area contributed by atoms with Crippen molar-refractivity contribution in [2.45, 2.75) is 37.9 Å². The molecule has 1 saturated carbocycles. The molecule has 1 spiro atoms. The van der Waals surface area contributed by atoms with Gasteiger partial charge in [-0.25, -0.2) is 9.97 Å². The molecule has 1 N–H and O–H groups in total. The molecular formula is C20H18ClN3O. The van der Waals surface area contributed by atoms with Gasteiger partial charge in [0.1, 0.15) is 11.0 Å². The standard InChI is InChI=1S/C20H18ClN3O/c21-18-17(14(7-10-22-18)13-5-2-1-3-6-13)19-23-15-11-20(8-4-9-20)25-12-16(15)24-19/h1-3,5-7,10H,4,8-9,11-12H2,(H,23,24). The summed E-state index contributed by atoms with van der Waals surface area (Å²) in [4.78, 5) is 12.6. The first-order valence-corrected chi connectivity index (χ1v) is 9.04. The summed E-state index contributed by atoms with van der Waals surface area (Å²) in [6.07, 6.45) is 6.15. The predicted octanol–water partition coefficient (Wildman–Crippen LogP) is 4.79. The van der Waals surface area contributed by atoms with E-state index in [1.807, 2.05) is 24.3 Å². The van der Waals surface area contributed by atoms with Crippen molar-refractivity contribution in [2.24, 2.45) is 0 Å². The van der Waals surface area contributed by atoms with Gasteiger partial charge in [-0.05, 0) is 36.5 Å². The number of benzene rings is 1. The van der Waals surface area contributed by atoms with Gasteiger partial charge >= 0.3 is 0 Å². The van der Waals surface area contributed by atoms with Gasteiger partial charge in [-0.15, -0.1) is 0 Å². The van der Waals surface area contributed by atoms with E-state index in [1.165, 1.54) is 6.42 Å². The van der Waals surface area contributed by atoms with Gasteiger partial charge in [-0.1, -0.05) is 41.9 Å². The zero-order valence-corrected chi connectivity index (χ0v) is 14.5. The van der Waals surface area contributed by atoms with Crippen molar-refractivity contribution in [3.8, 4) is 22.5 Å². The number of nitrogens with one attached hydrogen (secondary N) is 1. The fourth-order valence-electron chi connectivity index (χ4n) is 3.82. The molecule has 25 heavy (non-hydrogen) atoms. The quantitative estimate of drug-likeness (QED) is 0.675. The molecule has 5 rings (SSSR count). The number of aromatic amines is 1. The molecule has 0 radical (unpaired) electrons. The van der Waals surface area contributed by atoms with Crippen LogP contribution in [0.25, 0.3) is 22.5 Å². The molecule has 1 aliphatic carbocycles. The summed E-state index contributed by atoms with van der Waals surface area (Å²) in [6.45, 7) is 0.598. The zero-order valence-electron chi connectivity index (χ0n) is 13.8. The smallest absolute Gasteiger partial charge is 0.141 e. The molecule has 2 aliphatic rings. The number of rotatable bonds is 2. The fraction of sp³-hybridized carbons (Fsp3) is 0.300. The SMILES string of the molecule is Clc1nccc(-c2ccccc2)c1-c1nc2c([nH]1)COC1(CCC1)C2. The second kappa shape index (κ2) is 5.68. The number of halogens is 1. The Kier molecular flexibility index (Phi) is 3.43. The van der Waals surface area contributed by atoms with Crippen molar-refractivity contribution in [1.82, 2.24) is 15.0 Å². The van der Waals surface area contributed by atoms with Crippen LogP contribution in [-0.2, 0) is 17.8 Å². The minimum absolute atomic E-state index is 0.0282. The lowest BCUT2D eigenvalue weighted by Gasteiger charge is -2.43. The maximum Gasteiger partial charge on any atom is 0.141 e. The van der Waals surface area contributed by atoms with Crippen LogP contribution in [0.2, 0.25) is 5.15 Å². The van der Waals surface area contributed by atoms with Crippen LogP contribution in [-0.4, -0.2) is 20.6 Å². The molecule has 0 atom stereocenters. The number of H-pyrrole nitrogens is 1. The first-order valence-electron chi connectivity index (χ1n) is 8.66. The number of pyridine rings is 1. The Morgan fingerprint density at radius 3 is 2.72 bits per heavy atom. The van der Waals surface area contributed by atoms with Gasteiger partial charge in [0, 0.05) is 12.6 Å². The van der Waals surface area contributed by atoms with E-state index in [0.717, 1.165) is 53.2 Å². The van der Waals surface area contributed by atoms with Crippen molar-refractivity contribution in [2.75, 3.05) is 0 Å². The van der Waals surface area contributed by atoms with E-state index in [0.29, 0.717) is 11.8 Å². The molecule has 0 bridgehead atoms. The molecule has 126 valence electrons. The molecule has 3 aromatic rings. The molecule has 0 unspecified atom stereocenters. The van der Waals surface area contributed by atoms with Crippen molar-refractivity contribution >= 4 is 11.6 Å². The third-order valence-electron chi connectivity index (χ3n) is 5.37. The van der Waals surface area contributed by atoms with E-state index in [-0.39, 0.29) is 5.60 Å². The number of ether oxygens (including phenoxy) is 1. The summed E-state index contributed by atoms with van der Waals surface area (Å²) >= 11 is 6.47. The van der Waals surface area contributed by atoms with Crippen LogP contribution in [0.15, 0.2) is 42.6 Å². The van der Waals surface area contributed by atoms with Crippen LogP contribution in [0.1, 0.15) is 30.7 Å². The minimum atomic E-state index is 0.0282. The van der Waals surface area contributed by atoms with Gasteiger partial charge in [-0.3, -0.25) is 0 Å². The van der Waals surface area contributed by atoms with Gasteiger partial charge in [0.2, 0.25) is 0 Å². The summed E-state index contributed by atoms with van der Waals surface area (Å²) in [6, 6.07) is 12.2. The Balaban J connectivity index is 1.61. The van der Waals surface area contributed by atoms with Crippen LogP contribution in [0.5, 0.6) is 0 Å². The number of imidazole rings is 1. The summed E-state index contributed by atoms with van der Waals surface area (Å²) in [5.41, 5.74) is 5.19. The highest BCUT2D eigenvalue weighted by atomic mass is 35.5. The summed E-state index contributed by atoms with van der Waals surface area (Å²) in [5.74, 6) is 0.780. The number of fused-ring (bicyclic) bond motifs is 1. The Hall–Kier alpha value is -2.17. The Bertz CT molecular complexity index is 931. The summed E-state index contributed by atoms with van der Waals surface area (Å²) in [5, 5.41) is 0.465. The second-order valence-corrected chi connectivity index (χ2v) is 7.26. The number of nitrogens with zero attached hydrogens (tertiary/aromatic N) is 2. The maximum atomic E-state index is 6.47. The van der Waals surface area contributed by atoms with Gasteiger partial charge in [0.15, 0.2) is 0 Å². The van der Waals surface area contributed by atoms with Crippen LogP contribution < -0.4 is 0 Å². The molecule has 4 nitrogen and oxygen atoms in total. The van der Waals surface area contributed by atoms with Gasteiger partial charge < -0.3 is 9.72 Å². The highest BCUT2D eigenvalue weighted by molar-refractivity contribution is 6.32. The summed E-state index contributed by atoms with van der Waals surface area (Å²) in [7, 11) is 0. The van der Waals surface area contributed by atoms with E-state index in [2.05, 4.69) is 22.1 Å². The third kappa shape index (κ3) is 2.48. The lowest BCUT2D eigenvalue weighted by atomic mass is 9.75. The van der Waals surface area contributed by atoms with E-state index in [1.54, 1.807) is 6.20 Å². The third-order valence-corrected chi connectivity index (χ3v) is 5.65. The maximum absolute atomic E-state index is 6.47. The Morgan fingerprint density at radius 1 is 1.12 bits per heavy atom. The van der Waals surface area contributed by atoms with Gasteiger partial charge in [0.05, 0.1) is 29.2 Å². The molecule has 1 aromatic carbocycles. The van der Waals surface area contributed by atoms with Crippen molar-refractivity contribution < 1.29 is 4.74 Å². The van der Waals surface area contributed by atoms with E-state index in [4.69, 9.17) is 21.3 Å². The topological polar surface area (TPSA) is 50.8 Å². The van der Waals surface area contributed by atoms with E-state index >= 15 is 0 Å². The molecule has 3 heterocycles. The van der Waals surface area contributed by atoms with Crippen molar-refractivity contribution in [3.63, 3.8) is 0 Å². The molecule has 1 aliphatic heterocycles. The lowest BCUT2D eigenvalue weighted by molar-refractivity contribution is -0.119. The first-order chi connectivity index (χ1) is 12.2. The number of aromatic nitrogens is 3. The minimum Gasteiger partial charge on any atom is -0.368 e. The molecule has 0 saturated heterocycles. The molecule has 5 heteroatoms. The molecule has 0 amide bonds. The highest BCUT2D eigenvalue weighted by Gasteiger charge is 2.42. The normalized spacial score (nSPS) is 18.0. The fourth-order valence-corrected chi connectivity index (χ4v) is 4.07. The first kappa shape index (κ1) is 15.1. The molecule has 1 fully saturated rings. The second-order valence-electron chi connectivity index (χ2n) is 6.90. The highest BCUT2D eigenvalue weighted by Crippen LogP contribution is 2.43. The monoisotopic (exact) mass is 351 g/mol. The van der Waals surface area contributed by atoms with Crippen molar-refractivity contribution in [3.05, 3.63) is 59.1 Å². The molecular weight excluding hydrogens is 334 g/mol. The zero-order chi connectivity index (χ0) is 16.9. The Labute approximate surface area is 151 Å². The number of hydrogen-bond donors (Lipinski definition) is 1. The lowest BCUT2D eigenvalue weighted by Crippen LogP contribution is -2.44. The van der Waals surface area contributed by atoms with E-state index < -0.39 is 0 Å². The average molecular weight is 352 g/mol. The van der Waals surface area contributed by atoms with Crippen LogP contribution >= 0.6 is 11.6 Å². The van der Waals surface area contributed by atoms with Crippen LogP contribution in [0.4, 0.5) is 0 Å². The predicted molar refractivity (Wildman–Crippen MR) is 97.3 cm³/mol. The number of hydrogen-bond acceptors (Lipinski definition) is 3. The van der Waals surface area contributed by atoms with Crippen LogP contribution in [0.3, 0.4) is 0 Å². The van der Waals surface area contributed by atoms with Crippen LogP contribution in [0, 0.1) is 0 Å². The average Bonchev–Trinajstić information content (AvgIpc) is 3.03. The largest absolute Gasteiger partial charge is 0.368 e. The summed E-state index contributed by atoms with van der Waals surface area (Å²) < 4.78 is 6.10. The van der Waals surface area contributed by atoms with E-state index in [9.17, 15) is 0 Å². The van der Waals surface area contributed by atoms with Crippen molar-refractivity contribution in [1.29, 1.82) is 0 Å².